The molecule has 5 heteroatoms. The Labute approximate surface area is 160 Å². The minimum atomic E-state index is -1.37. The van der Waals surface area contributed by atoms with Gasteiger partial charge in [-0.2, -0.15) is 12.6 Å². The van der Waals surface area contributed by atoms with Gasteiger partial charge < -0.3 is 10.2 Å². The zero-order valence-corrected chi connectivity index (χ0v) is 16.6. The van der Waals surface area contributed by atoms with Crippen LogP contribution in [0.1, 0.15) is 58.8 Å². The van der Waals surface area contributed by atoms with Crippen LogP contribution in [0.15, 0.2) is 11.6 Å². The first kappa shape index (κ1) is 18.7. The van der Waals surface area contributed by atoms with Crippen molar-refractivity contribution in [2.45, 2.75) is 70.5 Å². The Morgan fingerprint density at radius 3 is 2.69 bits per heavy atom. The third-order valence-corrected chi connectivity index (χ3v) is 8.94. The van der Waals surface area contributed by atoms with Crippen LogP contribution in [0.3, 0.4) is 0 Å². The minimum absolute atomic E-state index is 0.0374. The highest BCUT2D eigenvalue weighted by Crippen LogP contribution is 2.67. The normalized spacial score (nSPS) is 50.5. The second-order valence-corrected chi connectivity index (χ2v) is 9.87. The van der Waals surface area contributed by atoms with Gasteiger partial charge in [-0.25, -0.2) is 0 Å². The fourth-order valence-corrected chi connectivity index (χ4v) is 7.54. The van der Waals surface area contributed by atoms with Gasteiger partial charge in [0.25, 0.3) is 0 Å². The summed E-state index contributed by atoms with van der Waals surface area (Å²) in [5.41, 5.74) is -0.885. The highest BCUT2D eigenvalue weighted by atomic mass is 32.1. The molecule has 3 unspecified atom stereocenters. The number of hydrogen-bond donors (Lipinski definition) is 3. The van der Waals surface area contributed by atoms with Gasteiger partial charge in [-0.05, 0) is 67.8 Å². The number of carbonyl (C=O) groups excluding carboxylic acids is 2. The fraction of sp³-hybridized carbons (Fsp3) is 0.810. The lowest BCUT2D eigenvalue weighted by molar-refractivity contribution is -0.178. The molecule has 4 nitrogen and oxygen atoms in total. The van der Waals surface area contributed by atoms with Gasteiger partial charge in [0, 0.05) is 11.8 Å². The predicted molar refractivity (Wildman–Crippen MR) is 102 cm³/mol. The van der Waals surface area contributed by atoms with E-state index >= 15 is 0 Å². The maximum absolute atomic E-state index is 12.5. The summed E-state index contributed by atoms with van der Waals surface area (Å²) in [5.74, 6) is 0.683. The van der Waals surface area contributed by atoms with E-state index in [2.05, 4.69) is 19.6 Å². The average molecular weight is 379 g/mol. The summed E-state index contributed by atoms with van der Waals surface area (Å²) >= 11 is 4.13. The predicted octanol–water partition coefficient (Wildman–Crippen LogP) is 2.72. The summed E-state index contributed by atoms with van der Waals surface area (Å²) < 4.78 is 0. The topological polar surface area (TPSA) is 74.6 Å². The molecule has 0 aromatic heterocycles. The molecule has 2 N–H and O–H groups in total. The monoisotopic (exact) mass is 378 g/mol. The lowest BCUT2D eigenvalue weighted by Crippen LogP contribution is -2.61. The van der Waals surface area contributed by atoms with Crippen LogP contribution in [0, 0.1) is 28.6 Å². The molecule has 3 fully saturated rings. The second-order valence-electron chi connectivity index (χ2n) is 9.56. The number of aliphatic hydroxyl groups is 2. The van der Waals surface area contributed by atoms with Crippen molar-refractivity contribution in [1.82, 2.24) is 0 Å². The molecule has 0 aliphatic heterocycles. The number of aliphatic hydroxyl groups excluding tert-OH is 1. The zero-order valence-electron chi connectivity index (χ0n) is 15.7. The number of Topliss-reactive ketones (excluding diaryl/α,β-unsaturated/α-hetero) is 1. The largest absolute Gasteiger partial charge is 0.393 e. The first-order valence-corrected chi connectivity index (χ1v) is 10.6. The highest BCUT2D eigenvalue weighted by molar-refractivity contribution is 7.81. The van der Waals surface area contributed by atoms with Crippen molar-refractivity contribution < 1.29 is 19.8 Å². The zero-order chi connectivity index (χ0) is 18.9. The van der Waals surface area contributed by atoms with Gasteiger partial charge in [0.05, 0.1) is 11.9 Å². The van der Waals surface area contributed by atoms with Crippen molar-refractivity contribution in [1.29, 1.82) is 0 Å². The molecule has 7 atom stereocenters. The number of thiol groups is 1. The number of rotatable bonds is 2. The average Bonchev–Trinajstić information content (AvgIpc) is 2.86. The van der Waals surface area contributed by atoms with Gasteiger partial charge in [-0.1, -0.05) is 19.4 Å². The van der Waals surface area contributed by atoms with Crippen molar-refractivity contribution in [3.63, 3.8) is 0 Å². The van der Waals surface area contributed by atoms with Gasteiger partial charge >= 0.3 is 0 Å². The molecule has 4 aliphatic carbocycles. The van der Waals surface area contributed by atoms with Crippen LogP contribution in [0.4, 0.5) is 0 Å². The number of carbonyl (C=O) groups is 2. The van der Waals surface area contributed by atoms with Gasteiger partial charge in [0.1, 0.15) is 5.60 Å². The Hall–Kier alpha value is -0.650. The molecule has 0 radical (unpaired) electrons. The Kier molecular flexibility index (Phi) is 4.26. The number of ketones is 2. The van der Waals surface area contributed by atoms with Gasteiger partial charge in [0.2, 0.25) is 0 Å². The molecule has 0 amide bonds. The van der Waals surface area contributed by atoms with E-state index in [0.29, 0.717) is 25.2 Å². The van der Waals surface area contributed by atoms with E-state index in [0.717, 1.165) is 25.7 Å². The summed E-state index contributed by atoms with van der Waals surface area (Å²) in [4.78, 5) is 24.4. The molecule has 4 rings (SSSR count). The lowest BCUT2D eigenvalue weighted by atomic mass is 9.45. The third-order valence-electron chi connectivity index (χ3n) is 8.65. The van der Waals surface area contributed by atoms with Crippen molar-refractivity contribution in [2.24, 2.45) is 28.6 Å². The molecule has 0 saturated heterocycles. The first-order chi connectivity index (χ1) is 12.2. The molecule has 144 valence electrons. The Balaban J connectivity index is 1.74. The van der Waals surface area contributed by atoms with Gasteiger partial charge in [-0.3, -0.25) is 9.59 Å². The van der Waals surface area contributed by atoms with E-state index in [-0.39, 0.29) is 34.6 Å². The Bertz CT molecular complexity index is 687. The van der Waals surface area contributed by atoms with Crippen LogP contribution < -0.4 is 0 Å². The van der Waals surface area contributed by atoms with E-state index in [4.69, 9.17) is 0 Å². The quantitative estimate of drug-likeness (QED) is 0.646. The van der Waals surface area contributed by atoms with Crippen molar-refractivity contribution in [3.05, 3.63) is 11.6 Å². The van der Waals surface area contributed by atoms with Gasteiger partial charge in [-0.15, -0.1) is 0 Å². The van der Waals surface area contributed by atoms with Crippen molar-refractivity contribution in [3.8, 4) is 0 Å². The summed E-state index contributed by atoms with van der Waals surface area (Å²) in [6, 6.07) is 0. The Morgan fingerprint density at radius 1 is 1.27 bits per heavy atom. The van der Waals surface area contributed by atoms with E-state index < -0.39 is 17.1 Å². The number of allylic oxidation sites excluding steroid dienone is 1. The molecule has 3 saturated carbocycles. The fourth-order valence-electron chi connectivity index (χ4n) is 7.28. The maximum atomic E-state index is 12.5. The molecule has 4 aliphatic rings. The Morgan fingerprint density at radius 2 is 2.00 bits per heavy atom. The van der Waals surface area contributed by atoms with Crippen LogP contribution in [0.2, 0.25) is 0 Å². The molecule has 26 heavy (non-hydrogen) atoms. The van der Waals surface area contributed by atoms with E-state index in [9.17, 15) is 19.8 Å². The maximum Gasteiger partial charge on any atom is 0.174 e. The first-order valence-electron chi connectivity index (χ1n) is 9.96. The lowest BCUT2D eigenvalue weighted by Gasteiger charge is -2.60. The van der Waals surface area contributed by atoms with E-state index in [1.807, 2.05) is 13.0 Å². The molecular formula is C21H30O4S. The highest BCUT2D eigenvalue weighted by Gasteiger charge is 2.68. The van der Waals surface area contributed by atoms with Crippen LogP contribution in [0.25, 0.3) is 0 Å². The van der Waals surface area contributed by atoms with Gasteiger partial charge in [0.15, 0.2) is 11.6 Å². The molecule has 0 heterocycles. The van der Waals surface area contributed by atoms with Crippen LogP contribution in [-0.4, -0.2) is 39.2 Å². The van der Waals surface area contributed by atoms with Crippen LogP contribution in [0.5, 0.6) is 0 Å². The molecule has 0 spiro atoms. The van der Waals surface area contributed by atoms with Crippen LogP contribution >= 0.6 is 12.6 Å². The molecule has 0 aromatic carbocycles. The van der Waals surface area contributed by atoms with Crippen LogP contribution in [-0.2, 0) is 9.59 Å². The second kappa shape index (κ2) is 5.92. The third kappa shape index (κ3) is 2.23. The summed E-state index contributed by atoms with van der Waals surface area (Å²) in [6.07, 6.45) is 6.21. The van der Waals surface area contributed by atoms with E-state index in [1.165, 1.54) is 5.57 Å². The summed E-state index contributed by atoms with van der Waals surface area (Å²) in [5, 5.41) is 22.5. The summed E-state index contributed by atoms with van der Waals surface area (Å²) in [7, 11) is 0. The van der Waals surface area contributed by atoms with Crippen molar-refractivity contribution in [2.75, 3.05) is 5.75 Å². The number of hydrogen-bond acceptors (Lipinski definition) is 5. The smallest absolute Gasteiger partial charge is 0.174 e. The van der Waals surface area contributed by atoms with E-state index in [1.54, 1.807) is 0 Å². The molecule has 0 bridgehead atoms. The number of fused-ring (bicyclic) bond motifs is 5. The minimum Gasteiger partial charge on any atom is -0.393 e. The molecule has 0 aromatic rings. The van der Waals surface area contributed by atoms with Crippen molar-refractivity contribution >= 4 is 24.2 Å². The SMILES string of the molecule is C[C@]12CCC(=O)C=C1CCC1C2[C@@H](O)C[C@@]2(C)C1CC[C@]2(O)C(=O)CS. The summed E-state index contributed by atoms with van der Waals surface area (Å²) in [6.45, 7) is 4.22. The standard InChI is InChI=1S/C21H30O4S/c1-19-7-5-13(22)9-12(19)3-4-14-15-6-8-21(25,17(24)11-26)20(15,2)10-16(23)18(14)19/h9,14-16,18,23,25-26H,3-8,10-11H2,1-2H3/t14?,15?,16-,18?,19-,20-,21-/m0/s1. The molecular weight excluding hydrogens is 348 g/mol.